The number of rotatable bonds is 6. The van der Waals surface area contributed by atoms with Crippen molar-refractivity contribution in [3.63, 3.8) is 0 Å². The second-order valence-electron chi connectivity index (χ2n) is 6.63. The number of hydrogen-bond acceptors (Lipinski definition) is 5. The van der Waals surface area contributed by atoms with E-state index in [1.807, 2.05) is 23.1 Å². The summed E-state index contributed by atoms with van der Waals surface area (Å²) < 4.78 is 16.1. The molecule has 0 aliphatic carbocycles. The molecule has 27 heavy (non-hydrogen) atoms. The van der Waals surface area contributed by atoms with E-state index in [2.05, 4.69) is 12.1 Å². The van der Waals surface area contributed by atoms with Crippen LogP contribution in [0.3, 0.4) is 0 Å². The van der Waals surface area contributed by atoms with E-state index in [0.717, 1.165) is 0 Å². The maximum Gasteiger partial charge on any atom is 0.257 e. The molecule has 1 aliphatic heterocycles. The first-order valence-electron chi connectivity index (χ1n) is 8.97. The molecular weight excluding hydrogens is 344 g/mol. The molecule has 2 N–H and O–H groups in total. The summed E-state index contributed by atoms with van der Waals surface area (Å²) in [7, 11) is 4.64. The summed E-state index contributed by atoms with van der Waals surface area (Å²) in [4.78, 5) is 15.1. The molecule has 0 saturated carbocycles. The van der Waals surface area contributed by atoms with E-state index >= 15 is 0 Å². The topological polar surface area (TPSA) is 74.0 Å². The zero-order chi connectivity index (χ0) is 19.4. The molecular formula is C21H26N2O4. The van der Waals surface area contributed by atoms with Gasteiger partial charge >= 0.3 is 0 Å². The Morgan fingerprint density at radius 1 is 1.00 bits per heavy atom. The minimum absolute atomic E-state index is 0.0929. The third kappa shape index (κ3) is 3.71. The Labute approximate surface area is 159 Å². The average molecular weight is 370 g/mol. The Hall–Kier alpha value is -2.73. The Kier molecular flexibility index (Phi) is 5.86. The molecule has 2 aromatic carbocycles. The maximum atomic E-state index is 13.2. The van der Waals surface area contributed by atoms with Gasteiger partial charge in [0.05, 0.1) is 26.9 Å². The molecule has 0 aromatic heterocycles. The van der Waals surface area contributed by atoms with Gasteiger partial charge in [0.25, 0.3) is 5.91 Å². The van der Waals surface area contributed by atoms with Crippen molar-refractivity contribution in [2.24, 2.45) is 11.7 Å². The molecule has 2 atom stereocenters. The third-order valence-corrected chi connectivity index (χ3v) is 5.19. The smallest absolute Gasteiger partial charge is 0.257 e. The van der Waals surface area contributed by atoms with E-state index in [1.165, 1.54) is 12.7 Å². The lowest BCUT2D eigenvalue weighted by Crippen LogP contribution is -2.30. The number of amides is 1. The summed E-state index contributed by atoms with van der Waals surface area (Å²) in [6, 6.07) is 13.6. The summed E-state index contributed by atoms with van der Waals surface area (Å²) in [5, 5.41) is 0. The van der Waals surface area contributed by atoms with Crippen molar-refractivity contribution in [3.8, 4) is 17.2 Å². The predicted molar refractivity (Wildman–Crippen MR) is 104 cm³/mol. The Morgan fingerprint density at radius 2 is 1.63 bits per heavy atom. The van der Waals surface area contributed by atoms with Gasteiger partial charge in [-0.2, -0.15) is 0 Å². The van der Waals surface area contributed by atoms with Crippen molar-refractivity contribution < 1.29 is 19.0 Å². The SMILES string of the molecule is COc1cc(OC)c(C(=O)N2C[C@@H](CN)[C@H](c3ccccc3)C2)cc1OC. The lowest BCUT2D eigenvalue weighted by Gasteiger charge is -2.20. The molecule has 1 heterocycles. The van der Waals surface area contributed by atoms with Crippen LogP contribution in [-0.2, 0) is 0 Å². The van der Waals surface area contributed by atoms with Gasteiger partial charge in [-0.15, -0.1) is 0 Å². The Morgan fingerprint density at radius 3 is 2.22 bits per heavy atom. The highest BCUT2D eigenvalue weighted by molar-refractivity contribution is 5.98. The minimum atomic E-state index is -0.0929. The molecule has 6 nitrogen and oxygen atoms in total. The van der Waals surface area contributed by atoms with Crippen LogP contribution in [0.1, 0.15) is 21.8 Å². The van der Waals surface area contributed by atoms with Gasteiger partial charge in [0.15, 0.2) is 11.5 Å². The van der Waals surface area contributed by atoms with Gasteiger partial charge in [-0.3, -0.25) is 4.79 Å². The van der Waals surface area contributed by atoms with Crippen LogP contribution in [0.2, 0.25) is 0 Å². The van der Waals surface area contributed by atoms with Crippen LogP contribution in [0.4, 0.5) is 0 Å². The van der Waals surface area contributed by atoms with Crippen LogP contribution < -0.4 is 19.9 Å². The van der Waals surface area contributed by atoms with Crippen LogP contribution in [-0.4, -0.2) is 51.8 Å². The first-order chi connectivity index (χ1) is 13.1. The summed E-state index contributed by atoms with van der Waals surface area (Å²) in [6.07, 6.45) is 0. The quantitative estimate of drug-likeness (QED) is 0.846. The van der Waals surface area contributed by atoms with Gasteiger partial charge in [0.2, 0.25) is 0 Å². The zero-order valence-electron chi connectivity index (χ0n) is 16.0. The highest BCUT2D eigenvalue weighted by atomic mass is 16.5. The van der Waals surface area contributed by atoms with E-state index in [1.54, 1.807) is 26.4 Å². The highest BCUT2D eigenvalue weighted by Crippen LogP contribution is 2.37. The van der Waals surface area contributed by atoms with Crippen LogP contribution in [0.25, 0.3) is 0 Å². The van der Waals surface area contributed by atoms with Crippen LogP contribution in [0.5, 0.6) is 17.2 Å². The fourth-order valence-electron chi connectivity index (χ4n) is 3.72. The number of carbonyl (C=O) groups is 1. The molecule has 0 unspecified atom stereocenters. The fourth-order valence-corrected chi connectivity index (χ4v) is 3.72. The zero-order valence-corrected chi connectivity index (χ0v) is 16.0. The number of methoxy groups -OCH3 is 3. The van der Waals surface area contributed by atoms with Crippen molar-refractivity contribution in [1.29, 1.82) is 0 Å². The molecule has 3 rings (SSSR count). The Balaban J connectivity index is 1.90. The lowest BCUT2D eigenvalue weighted by molar-refractivity contribution is 0.0782. The molecule has 1 amide bonds. The summed E-state index contributed by atoms with van der Waals surface area (Å²) >= 11 is 0. The molecule has 1 saturated heterocycles. The van der Waals surface area contributed by atoms with Crippen molar-refractivity contribution in [2.45, 2.75) is 5.92 Å². The number of carbonyl (C=O) groups excluding carboxylic acids is 1. The highest BCUT2D eigenvalue weighted by Gasteiger charge is 2.36. The van der Waals surface area contributed by atoms with E-state index in [-0.39, 0.29) is 17.7 Å². The van der Waals surface area contributed by atoms with E-state index < -0.39 is 0 Å². The molecule has 0 radical (unpaired) electrons. The fraction of sp³-hybridized carbons (Fsp3) is 0.381. The third-order valence-electron chi connectivity index (χ3n) is 5.19. The first kappa shape index (κ1) is 19.0. The summed E-state index contributed by atoms with van der Waals surface area (Å²) in [5.41, 5.74) is 7.67. The number of benzene rings is 2. The number of hydrogen-bond donors (Lipinski definition) is 1. The normalized spacial score (nSPS) is 19.0. The summed E-state index contributed by atoms with van der Waals surface area (Å²) in [5.74, 6) is 1.84. The van der Waals surface area contributed by atoms with Gasteiger partial charge in [-0.05, 0) is 18.0 Å². The van der Waals surface area contributed by atoms with Crippen LogP contribution in [0, 0.1) is 5.92 Å². The molecule has 0 spiro atoms. The molecule has 1 fully saturated rings. The minimum Gasteiger partial charge on any atom is -0.496 e. The van der Waals surface area contributed by atoms with Gasteiger partial charge in [-0.25, -0.2) is 0 Å². The first-order valence-corrected chi connectivity index (χ1v) is 8.97. The average Bonchev–Trinajstić information content (AvgIpc) is 3.17. The van der Waals surface area contributed by atoms with Crippen molar-refractivity contribution in [3.05, 3.63) is 53.6 Å². The van der Waals surface area contributed by atoms with Gasteiger partial charge in [-0.1, -0.05) is 30.3 Å². The van der Waals surface area contributed by atoms with Gasteiger partial charge < -0.3 is 24.8 Å². The van der Waals surface area contributed by atoms with Gasteiger partial charge in [0.1, 0.15) is 5.75 Å². The number of nitrogens with zero attached hydrogens (tertiary/aromatic N) is 1. The van der Waals surface area contributed by atoms with Gasteiger partial charge in [0, 0.05) is 31.1 Å². The molecule has 0 bridgehead atoms. The predicted octanol–water partition coefficient (Wildman–Crippen LogP) is 2.53. The van der Waals surface area contributed by atoms with Crippen molar-refractivity contribution >= 4 is 5.91 Å². The summed E-state index contributed by atoms with van der Waals surface area (Å²) in [6.45, 7) is 1.78. The molecule has 144 valence electrons. The van der Waals surface area contributed by atoms with Crippen molar-refractivity contribution in [1.82, 2.24) is 4.90 Å². The second-order valence-corrected chi connectivity index (χ2v) is 6.63. The second kappa shape index (κ2) is 8.31. The van der Waals surface area contributed by atoms with E-state index in [4.69, 9.17) is 19.9 Å². The standard InChI is InChI=1S/C21H26N2O4/c1-25-18-10-20(27-3)19(26-2)9-16(18)21(24)23-12-15(11-22)17(13-23)14-7-5-4-6-8-14/h4-10,15,17H,11-13,22H2,1-3H3/t15-,17+/m1/s1. The number of likely N-dealkylation sites (tertiary alicyclic amines) is 1. The molecule has 6 heteroatoms. The van der Waals surface area contributed by atoms with Crippen LogP contribution in [0.15, 0.2) is 42.5 Å². The van der Waals surface area contributed by atoms with E-state index in [0.29, 0.717) is 42.4 Å². The number of ether oxygens (including phenoxy) is 3. The largest absolute Gasteiger partial charge is 0.496 e. The molecule has 2 aromatic rings. The Bertz CT molecular complexity index is 794. The maximum absolute atomic E-state index is 13.2. The van der Waals surface area contributed by atoms with Crippen LogP contribution >= 0.6 is 0 Å². The number of nitrogens with two attached hydrogens (primary N) is 1. The van der Waals surface area contributed by atoms with Crippen molar-refractivity contribution in [2.75, 3.05) is 41.0 Å². The molecule has 1 aliphatic rings. The van der Waals surface area contributed by atoms with E-state index in [9.17, 15) is 4.79 Å². The monoisotopic (exact) mass is 370 g/mol. The lowest BCUT2D eigenvalue weighted by atomic mass is 9.89.